The highest BCUT2D eigenvalue weighted by Gasteiger charge is 2.50. The van der Waals surface area contributed by atoms with Crippen molar-refractivity contribution in [2.45, 2.75) is 38.8 Å². The van der Waals surface area contributed by atoms with E-state index in [1.165, 1.54) is 0 Å². The third-order valence-corrected chi connectivity index (χ3v) is 2.67. The van der Waals surface area contributed by atoms with E-state index >= 15 is 0 Å². The second-order valence-corrected chi connectivity index (χ2v) is 3.82. The normalized spacial score (nSPS) is 46.8. The highest BCUT2D eigenvalue weighted by atomic mass is 19.1. The smallest absolute Gasteiger partial charge is 0.109 e. The quantitative estimate of drug-likeness (QED) is 0.630. The van der Waals surface area contributed by atoms with Crippen LogP contribution in [0.15, 0.2) is 0 Å². The van der Waals surface area contributed by atoms with Crippen molar-refractivity contribution < 1.29 is 4.39 Å². The fraction of sp³-hybridized carbons (Fsp3) is 1.00. The summed E-state index contributed by atoms with van der Waals surface area (Å²) in [6.07, 6.45) is 2.34. The Hall–Kier alpha value is -0.110. The van der Waals surface area contributed by atoms with Gasteiger partial charge in [0.05, 0.1) is 0 Å². The Labute approximate surface area is 61.8 Å². The summed E-state index contributed by atoms with van der Waals surface area (Å²) < 4.78 is 13.0. The van der Waals surface area contributed by atoms with E-state index < -0.39 is 5.67 Å². The Morgan fingerprint density at radius 2 is 2.00 bits per heavy atom. The number of halogens is 1. The lowest BCUT2D eigenvalue weighted by Gasteiger charge is -2.49. The lowest BCUT2D eigenvalue weighted by Crippen LogP contribution is -2.50. The molecule has 1 aliphatic carbocycles. The molecule has 1 aliphatic rings. The highest BCUT2D eigenvalue weighted by molar-refractivity contribution is 5.01. The van der Waals surface area contributed by atoms with Crippen molar-refractivity contribution in [1.29, 1.82) is 0 Å². The van der Waals surface area contributed by atoms with Crippen molar-refractivity contribution in [3.05, 3.63) is 0 Å². The summed E-state index contributed by atoms with van der Waals surface area (Å²) in [4.78, 5) is 0. The third kappa shape index (κ3) is 1.17. The van der Waals surface area contributed by atoms with Crippen LogP contribution in [0.4, 0.5) is 4.39 Å². The molecule has 0 atom stereocenters. The van der Waals surface area contributed by atoms with Crippen molar-refractivity contribution in [2.75, 3.05) is 6.54 Å². The molecule has 0 aliphatic heterocycles. The molecule has 0 heterocycles. The molecule has 0 unspecified atom stereocenters. The summed E-state index contributed by atoms with van der Waals surface area (Å²) in [7, 11) is 0. The molecule has 60 valence electrons. The van der Waals surface area contributed by atoms with Crippen molar-refractivity contribution in [3.63, 3.8) is 0 Å². The molecule has 0 spiro atoms. The predicted molar refractivity (Wildman–Crippen MR) is 40.5 cm³/mol. The van der Waals surface area contributed by atoms with Gasteiger partial charge in [-0.05, 0) is 38.1 Å². The van der Waals surface area contributed by atoms with Crippen LogP contribution >= 0.6 is 0 Å². The first-order chi connectivity index (χ1) is 4.54. The van der Waals surface area contributed by atoms with Gasteiger partial charge in [-0.2, -0.15) is 0 Å². The Morgan fingerprint density at radius 1 is 1.50 bits per heavy atom. The monoisotopic (exact) mass is 145 g/mol. The minimum atomic E-state index is -0.921. The Morgan fingerprint density at radius 3 is 2.10 bits per heavy atom. The van der Waals surface area contributed by atoms with Gasteiger partial charge in [0.1, 0.15) is 5.67 Å². The molecule has 10 heavy (non-hydrogen) atoms. The molecule has 0 aromatic heterocycles. The molecule has 0 amide bonds. The van der Waals surface area contributed by atoms with Crippen LogP contribution in [-0.4, -0.2) is 12.2 Å². The zero-order valence-corrected chi connectivity index (χ0v) is 6.78. The molecule has 1 saturated carbocycles. The van der Waals surface area contributed by atoms with E-state index in [0.717, 1.165) is 6.42 Å². The van der Waals surface area contributed by atoms with E-state index in [-0.39, 0.29) is 5.41 Å². The van der Waals surface area contributed by atoms with Gasteiger partial charge in [0.15, 0.2) is 0 Å². The molecule has 0 aromatic carbocycles. The van der Waals surface area contributed by atoms with E-state index in [4.69, 9.17) is 5.73 Å². The molecule has 1 rings (SSSR count). The Bertz CT molecular complexity index is 117. The molecule has 0 aromatic rings. The van der Waals surface area contributed by atoms with Crippen LogP contribution < -0.4 is 5.73 Å². The fourth-order valence-corrected chi connectivity index (χ4v) is 2.05. The SMILES string of the molecule is CCC1(CN)CC(C)(F)C1. The summed E-state index contributed by atoms with van der Waals surface area (Å²) in [5, 5.41) is 0. The first kappa shape index (κ1) is 7.99. The van der Waals surface area contributed by atoms with Gasteiger partial charge in [0, 0.05) is 0 Å². The molecular formula is C8H16FN. The average molecular weight is 145 g/mol. The van der Waals surface area contributed by atoms with E-state index in [1.54, 1.807) is 6.92 Å². The predicted octanol–water partition coefficient (Wildman–Crippen LogP) is 1.86. The van der Waals surface area contributed by atoms with Gasteiger partial charge in [0.25, 0.3) is 0 Å². The topological polar surface area (TPSA) is 26.0 Å². The first-order valence-electron chi connectivity index (χ1n) is 3.93. The molecule has 2 heteroatoms. The largest absolute Gasteiger partial charge is 0.330 e. The number of hydrogen-bond acceptors (Lipinski definition) is 1. The van der Waals surface area contributed by atoms with E-state index in [9.17, 15) is 4.39 Å². The summed E-state index contributed by atoms with van der Waals surface area (Å²) in [6, 6.07) is 0. The zero-order chi connectivity index (χ0) is 7.83. The number of rotatable bonds is 2. The van der Waals surface area contributed by atoms with Crippen LogP contribution in [0.25, 0.3) is 0 Å². The van der Waals surface area contributed by atoms with Gasteiger partial charge < -0.3 is 5.73 Å². The minimum Gasteiger partial charge on any atom is -0.330 e. The van der Waals surface area contributed by atoms with E-state index in [1.807, 2.05) is 0 Å². The van der Waals surface area contributed by atoms with Gasteiger partial charge in [-0.15, -0.1) is 0 Å². The standard InChI is InChI=1S/C8H16FN/c1-3-8(6-10)4-7(2,9)5-8/h3-6,10H2,1-2H3. The summed E-state index contributed by atoms with van der Waals surface area (Å²) in [5.41, 5.74) is 4.75. The second-order valence-electron chi connectivity index (χ2n) is 3.82. The van der Waals surface area contributed by atoms with Crippen molar-refractivity contribution >= 4 is 0 Å². The molecule has 0 radical (unpaired) electrons. The molecule has 1 fully saturated rings. The maximum atomic E-state index is 13.0. The Balaban J connectivity index is 2.46. The van der Waals surface area contributed by atoms with Gasteiger partial charge in [-0.1, -0.05) is 6.92 Å². The first-order valence-corrected chi connectivity index (χ1v) is 3.93. The Kier molecular flexibility index (Phi) is 1.75. The minimum absolute atomic E-state index is 0.142. The maximum absolute atomic E-state index is 13.0. The van der Waals surface area contributed by atoms with Gasteiger partial charge >= 0.3 is 0 Å². The number of nitrogens with two attached hydrogens (primary N) is 1. The van der Waals surface area contributed by atoms with Crippen LogP contribution in [0.1, 0.15) is 33.1 Å². The molecule has 0 saturated heterocycles. The van der Waals surface area contributed by atoms with E-state index in [0.29, 0.717) is 19.4 Å². The average Bonchev–Trinajstić information content (AvgIpc) is 1.82. The van der Waals surface area contributed by atoms with Crippen molar-refractivity contribution in [2.24, 2.45) is 11.1 Å². The summed E-state index contributed by atoms with van der Waals surface area (Å²) in [6.45, 7) is 4.39. The van der Waals surface area contributed by atoms with Crippen molar-refractivity contribution in [3.8, 4) is 0 Å². The van der Waals surface area contributed by atoms with Crippen LogP contribution in [0.5, 0.6) is 0 Å². The van der Waals surface area contributed by atoms with Crippen LogP contribution in [0.2, 0.25) is 0 Å². The van der Waals surface area contributed by atoms with Crippen LogP contribution in [0, 0.1) is 5.41 Å². The molecule has 0 bridgehead atoms. The van der Waals surface area contributed by atoms with Gasteiger partial charge in [0.2, 0.25) is 0 Å². The molecule has 2 N–H and O–H groups in total. The van der Waals surface area contributed by atoms with Crippen LogP contribution in [-0.2, 0) is 0 Å². The third-order valence-electron chi connectivity index (χ3n) is 2.67. The van der Waals surface area contributed by atoms with Crippen molar-refractivity contribution in [1.82, 2.24) is 0 Å². The maximum Gasteiger partial charge on any atom is 0.109 e. The number of hydrogen-bond donors (Lipinski definition) is 1. The molecular weight excluding hydrogens is 129 g/mol. The fourth-order valence-electron chi connectivity index (χ4n) is 2.05. The van der Waals surface area contributed by atoms with Gasteiger partial charge in [-0.3, -0.25) is 0 Å². The second kappa shape index (κ2) is 2.19. The summed E-state index contributed by atoms with van der Waals surface area (Å²) in [5.74, 6) is 0. The highest BCUT2D eigenvalue weighted by Crippen LogP contribution is 2.51. The summed E-state index contributed by atoms with van der Waals surface area (Å²) >= 11 is 0. The van der Waals surface area contributed by atoms with Gasteiger partial charge in [-0.25, -0.2) is 4.39 Å². The number of alkyl halides is 1. The lowest BCUT2D eigenvalue weighted by atomic mass is 9.59. The zero-order valence-electron chi connectivity index (χ0n) is 6.78. The lowest BCUT2D eigenvalue weighted by molar-refractivity contribution is -0.0506. The van der Waals surface area contributed by atoms with E-state index in [2.05, 4.69) is 6.92 Å². The van der Waals surface area contributed by atoms with Crippen LogP contribution in [0.3, 0.4) is 0 Å². The molecule has 1 nitrogen and oxygen atoms in total.